The predicted molar refractivity (Wildman–Crippen MR) is 82.9 cm³/mol. The van der Waals surface area contributed by atoms with E-state index in [0.717, 1.165) is 48.8 Å². The van der Waals surface area contributed by atoms with Crippen LogP contribution in [0.4, 0.5) is 0 Å². The van der Waals surface area contributed by atoms with Gasteiger partial charge in [0, 0.05) is 19.3 Å². The monoisotopic (exact) mass is 308 g/mol. The van der Waals surface area contributed by atoms with Gasteiger partial charge < -0.3 is 15.9 Å². The third-order valence-electron chi connectivity index (χ3n) is 5.59. The van der Waals surface area contributed by atoms with Gasteiger partial charge in [0.1, 0.15) is 18.4 Å². The summed E-state index contributed by atoms with van der Waals surface area (Å²) in [7, 11) is 0. The van der Waals surface area contributed by atoms with Crippen LogP contribution in [0.15, 0.2) is 16.9 Å². The average Bonchev–Trinajstić information content (AvgIpc) is 2.86. The number of aliphatic carboxylic acids is 1. The highest BCUT2D eigenvalue weighted by atomic mass is 16.4. The predicted octanol–water partition coefficient (Wildman–Crippen LogP) is 1.20. The van der Waals surface area contributed by atoms with Crippen molar-refractivity contribution in [1.82, 2.24) is 0 Å². The molecule has 0 amide bonds. The van der Waals surface area contributed by atoms with Crippen molar-refractivity contribution in [3.05, 3.63) is 11.9 Å². The fourth-order valence-electron chi connectivity index (χ4n) is 4.06. The van der Waals surface area contributed by atoms with E-state index < -0.39 is 11.9 Å². The number of hydrogen-bond donors (Lipinski definition) is 3. The molecule has 0 aromatic carbocycles. The summed E-state index contributed by atoms with van der Waals surface area (Å²) in [4.78, 5) is 15.8. The highest BCUT2D eigenvalue weighted by molar-refractivity contribution is 5.70. The fourth-order valence-corrected chi connectivity index (χ4v) is 4.06. The molecular formula is C16H26N3O3+. The third kappa shape index (κ3) is 2.71. The zero-order valence-corrected chi connectivity index (χ0v) is 12.9. The van der Waals surface area contributed by atoms with E-state index in [9.17, 15) is 15.0 Å². The number of nitrogens with zero attached hydrogens (tertiary/aromatic N) is 2. The summed E-state index contributed by atoms with van der Waals surface area (Å²) in [5.74, 6) is -1.15. The maximum atomic E-state index is 11.3. The molecule has 0 radical (unpaired) electrons. The number of carbonyl (C=O) groups is 1. The molecule has 22 heavy (non-hydrogen) atoms. The van der Waals surface area contributed by atoms with Gasteiger partial charge in [-0.25, -0.2) is 9.48 Å². The Hall–Kier alpha value is -1.24. The number of aliphatic imine (C=N–C) groups is 1. The van der Waals surface area contributed by atoms with Gasteiger partial charge in [-0.05, 0) is 32.2 Å². The summed E-state index contributed by atoms with van der Waals surface area (Å²) < 4.78 is 0.776. The molecule has 2 atom stereocenters. The standard InChI is InChI=1S/C16H25N3O3/c17-7-1-2-12(15(21)22)8-13-9-19(11-18-13)10-16(19)5-3-14(20)4-6-16/h9,11-12,14,20H,1-8,10,17H2/p+1. The Balaban J connectivity index is 1.63. The van der Waals surface area contributed by atoms with E-state index in [4.69, 9.17) is 5.73 Å². The molecule has 1 saturated carbocycles. The van der Waals surface area contributed by atoms with Crippen LogP contribution >= 0.6 is 0 Å². The number of quaternary nitrogens is 1. The molecule has 6 heteroatoms. The van der Waals surface area contributed by atoms with E-state index >= 15 is 0 Å². The first kappa shape index (κ1) is 15.6. The van der Waals surface area contributed by atoms with E-state index in [2.05, 4.69) is 11.2 Å². The van der Waals surface area contributed by atoms with Gasteiger partial charge in [0.15, 0.2) is 11.9 Å². The van der Waals surface area contributed by atoms with Crippen molar-refractivity contribution in [2.24, 2.45) is 16.6 Å². The first-order valence-corrected chi connectivity index (χ1v) is 8.26. The quantitative estimate of drug-likeness (QED) is 0.507. The normalized spacial score (nSPS) is 37.5. The van der Waals surface area contributed by atoms with Crippen LogP contribution in [0, 0.1) is 5.92 Å². The molecule has 0 aromatic rings. The summed E-state index contributed by atoms with van der Waals surface area (Å²) in [6, 6.07) is 0. The van der Waals surface area contributed by atoms with Crippen molar-refractivity contribution in [2.45, 2.75) is 56.6 Å². The topological polar surface area (TPSA) is 95.9 Å². The lowest BCUT2D eigenvalue weighted by atomic mass is 9.86. The highest BCUT2D eigenvalue weighted by Gasteiger charge is 2.70. The first-order chi connectivity index (χ1) is 10.5. The van der Waals surface area contributed by atoms with Crippen molar-refractivity contribution >= 4 is 12.3 Å². The SMILES string of the molecule is NCCCC(CC1=C[N+]2(C=N1)CC21CCC(O)CC1)C(=O)O. The van der Waals surface area contributed by atoms with Gasteiger partial charge in [-0.3, -0.25) is 4.79 Å². The minimum absolute atomic E-state index is 0.151. The maximum absolute atomic E-state index is 11.3. The number of nitrogens with two attached hydrogens (primary N) is 1. The van der Waals surface area contributed by atoms with Crippen molar-refractivity contribution in [2.75, 3.05) is 13.1 Å². The van der Waals surface area contributed by atoms with Crippen LogP contribution in [0.3, 0.4) is 0 Å². The van der Waals surface area contributed by atoms with Crippen molar-refractivity contribution < 1.29 is 19.5 Å². The highest BCUT2D eigenvalue weighted by Crippen LogP contribution is 2.54. The average molecular weight is 308 g/mol. The van der Waals surface area contributed by atoms with Crippen LogP contribution in [0.2, 0.25) is 0 Å². The Morgan fingerprint density at radius 3 is 2.86 bits per heavy atom. The molecule has 1 saturated heterocycles. The van der Waals surface area contributed by atoms with Crippen LogP contribution in [0.1, 0.15) is 44.9 Å². The van der Waals surface area contributed by atoms with Gasteiger partial charge in [0.05, 0.1) is 12.0 Å². The minimum atomic E-state index is -0.760. The van der Waals surface area contributed by atoms with Crippen LogP contribution in [-0.2, 0) is 4.79 Å². The van der Waals surface area contributed by atoms with Crippen LogP contribution in [-0.4, -0.2) is 51.7 Å². The molecule has 1 aliphatic carbocycles. The van der Waals surface area contributed by atoms with E-state index in [1.54, 1.807) is 0 Å². The molecule has 3 aliphatic rings. The lowest BCUT2D eigenvalue weighted by molar-refractivity contribution is -0.667. The maximum Gasteiger partial charge on any atom is 0.306 e. The number of hydrogen-bond acceptors (Lipinski definition) is 4. The summed E-state index contributed by atoms with van der Waals surface area (Å²) in [5, 5.41) is 19.0. The van der Waals surface area contributed by atoms with E-state index in [1.807, 2.05) is 6.34 Å². The van der Waals surface area contributed by atoms with E-state index in [1.165, 1.54) is 0 Å². The molecule has 2 spiro atoms. The fraction of sp³-hybridized carbons (Fsp3) is 0.750. The second kappa shape index (κ2) is 5.76. The summed E-state index contributed by atoms with van der Waals surface area (Å²) >= 11 is 0. The summed E-state index contributed by atoms with van der Waals surface area (Å²) in [6.45, 7) is 1.57. The first-order valence-electron chi connectivity index (χ1n) is 8.26. The van der Waals surface area contributed by atoms with Crippen LogP contribution in [0.5, 0.6) is 0 Å². The molecule has 2 aliphatic heterocycles. The van der Waals surface area contributed by atoms with Gasteiger partial charge >= 0.3 is 5.97 Å². The Labute approximate surface area is 130 Å². The third-order valence-corrected chi connectivity index (χ3v) is 5.59. The lowest BCUT2D eigenvalue weighted by Crippen LogP contribution is -2.34. The number of aliphatic hydroxyl groups is 1. The van der Waals surface area contributed by atoms with Gasteiger partial charge in [-0.2, -0.15) is 0 Å². The molecule has 6 nitrogen and oxygen atoms in total. The number of fused-ring (bicyclic) bond motifs is 1. The summed E-state index contributed by atoms with van der Waals surface area (Å²) in [5.41, 5.74) is 6.60. The Morgan fingerprint density at radius 2 is 2.23 bits per heavy atom. The zero-order valence-electron chi connectivity index (χ0n) is 12.9. The van der Waals surface area contributed by atoms with Crippen LogP contribution in [0.25, 0.3) is 0 Å². The van der Waals surface area contributed by atoms with Crippen molar-refractivity contribution in [3.8, 4) is 0 Å². The van der Waals surface area contributed by atoms with Gasteiger partial charge in [-0.1, -0.05) is 0 Å². The van der Waals surface area contributed by atoms with Gasteiger partial charge in [-0.15, -0.1) is 0 Å². The molecule has 4 N–H and O–H groups in total. The van der Waals surface area contributed by atoms with E-state index in [-0.39, 0.29) is 11.6 Å². The lowest BCUT2D eigenvalue weighted by Gasteiger charge is -2.24. The van der Waals surface area contributed by atoms with Gasteiger partial charge in [0.25, 0.3) is 0 Å². The number of allylic oxidation sites excluding steroid dienone is 1. The summed E-state index contributed by atoms with van der Waals surface area (Å²) in [6.07, 6.45) is 9.60. The molecular weight excluding hydrogens is 282 g/mol. The second-order valence-electron chi connectivity index (χ2n) is 7.08. The molecule has 122 valence electrons. The van der Waals surface area contributed by atoms with Crippen LogP contribution < -0.4 is 5.73 Å². The number of carboxylic acids is 1. The molecule has 0 aromatic heterocycles. The molecule has 0 bridgehead atoms. The smallest absolute Gasteiger partial charge is 0.306 e. The molecule has 2 unspecified atom stereocenters. The Kier molecular flexibility index (Phi) is 4.09. The van der Waals surface area contributed by atoms with Crippen molar-refractivity contribution in [1.29, 1.82) is 0 Å². The molecule has 2 heterocycles. The number of aliphatic hydroxyl groups excluding tert-OH is 1. The van der Waals surface area contributed by atoms with Crippen molar-refractivity contribution in [3.63, 3.8) is 0 Å². The molecule has 2 fully saturated rings. The van der Waals surface area contributed by atoms with E-state index in [0.29, 0.717) is 19.4 Å². The Bertz CT molecular complexity index is 509. The van der Waals surface area contributed by atoms with Gasteiger partial charge in [0.2, 0.25) is 0 Å². The largest absolute Gasteiger partial charge is 0.481 e. The Morgan fingerprint density at radius 1 is 1.50 bits per heavy atom. The number of carboxylic acid groups (broad SMARTS) is 1. The second-order valence-corrected chi connectivity index (χ2v) is 7.08. The zero-order chi connectivity index (χ0) is 15.8. The molecule has 3 rings (SSSR count). The number of rotatable bonds is 6. The minimum Gasteiger partial charge on any atom is -0.481 e.